The van der Waals surface area contributed by atoms with Crippen LogP contribution in [0.1, 0.15) is 303 Å². The van der Waals surface area contributed by atoms with Crippen molar-refractivity contribution in [2.75, 3.05) is 19.8 Å². The normalized spacial score (nSPS) is 24.6. The molecule has 12 unspecified atom stereocenters. The van der Waals surface area contributed by atoms with Gasteiger partial charge in [0.15, 0.2) is 12.6 Å². The van der Waals surface area contributed by atoms with Crippen LogP contribution in [0.15, 0.2) is 0 Å². The molecule has 14 nitrogen and oxygen atoms in total. The highest BCUT2D eigenvalue weighted by atomic mass is 16.7. The summed E-state index contributed by atoms with van der Waals surface area (Å²) in [6.07, 6.45) is 40.3. The van der Waals surface area contributed by atoms with Gasteiger partial charge in [-0.25, -0.2) is 0 Å². The molecular weight excluding hydrogens is 979 g/mol. The molecule has 2 aliphatic rings. The minimum atomic E-state index is -1.78. The van der Waals surface area contributed by atoms with E-state index in [0.717, 1.165) is 51.4 Å². The summed E-state index contributed by atoms with van der Waals surface area (Å²) in [5.74, 6) is -0.202. The summed E-state index contributed by atoms with van der Waals surface area (Å²) in [5.41, 5.74) is 0. The van der Waals surface area contributed by atoms with E-state index in [2.05, 4.69) is 19.2 Å². The molecule has 0 saturated carbocycles. The fourth-order valence-electron chi connectivity index (χ4n) is 11.3. The van der Waals surface area contributed by atoms with Gasteiger partial charge < -0.3 is 65.1 Å². The molecule has 2 fully saturated rings. The highest BCUT2D eigenvalue weighted by Gasteiger charge is 2.51. The molecule has 0 bridgehead atoms. The molecule has 0 radical (unpaired) electrons. The summed E-state index contributed by atoms with van der Waals surface area (Å²) >= 11 is 0. The van der Waals surface area contributed by atoms with Crippen molar-refractivity contribution in [3.63, 3.8) is 0 Å². The molecule has 0 aromatic heterocycles. The molecule has 77 heavy (non-hydrogen) atoms. The lowest BCUT2D eigenvalue weighted by atomic mass is 9.97. The zero-order valence-corrected chi connectivity index (χ0v) is 49.5. The molecule has 0 spiro atoms. The zero-order valence-electron chi connectivity index (χ0n) is 49.5. The van der Waals surface area contributed by atoms with E-state index in [0.29, 0.717) is 12.8 Å². The van der Waals surface area contributed by atoms with Gasteiger partial charge in [0.1, 0.15) is 48.8 Å². The number of amides is 1. The Balaban J connectivity index is 1.54. The number of aliphatic hydroxyl groups is 8. The lowest BCUT2D eigenvalue weighted by Crippen LogP contribution is -2.65. The van der Waals surface area contributed by atoms with Gasteiger partial charge in [-0.05, 0) is 12.8 Å². The van der Waals surface area contributed by atoms with Crippen LogP contribution < -0.4 is 5.32 Å². The Bertz CT molecular complexity index is 1300. The Morgan fingerprint density at radius 2 is 0.740 bits per heavy atom. The van der Waals surface area contributed by atoms with Crippen molar-refractivity contribution in [1.29, 1.82) is 0 Å². The Hall–Kier alpha value is -1.01. The van der Waals surface area contributed by atoms with Gasteiger partial charge in [-0.1, -0.05) is 284 Å². The average Bonchev–Trinajstić information content (AvgIpc) is 3.44. The highest BCUT2D eigenvalue weighted by Crippen LogP contribution is 2.30. The minimum absolute atomic E-state index is 0.202. The maximum Gasteiger partial charge on any atom is 0.220 e. The number of hydrogen-bond donors (Lipinski definition) is 9. The molecule has 2 aliphatic heterocycles. The van der Waals surface area contributed by atoms with Gasteiger partial charge in [-0.2, -0.15) is 0 Å². The van der Waals surface area contributed by atoms with E-state index >= 15 is 0 Å². The van der Waals surface area contributed by atoms with Crippen molar-refractivity contribution in [1.82, 2.24) is 5.32 Å². The fourth-order valence-corrected chi connectivity index (χ4v) is 11.3. The van der Waals surface area contributed by atoms with E-state index < -0.39 is 86.8 Å². The molecule has 0 aromatic rings. The lowest BCUT2D eigenvalue weighted by molar-refractivity contribution is -0.359. The molecule has 14 heteroatoms. The number of rotatable bonds is 54. The number of ether oxygens (including phenoxy) is 4. The van der Waals surface area contributed by atoms with E-state index in [9.17, 15) is 45.6 Å². The van der Waals surface area contributed by atoms with Gasteiger partial charge in [0.2, 0.25) is 5.91 Å². The Morgan fingerprint density at radius 3 is 1.10 bits per heavy atom. The van der Waals surface area contributed by atoms with Crippen LogP contribution in [0.5, 0.6) is 0 Å². The predicted octanol–water partition coefficient (Wildman–Crippen LogP) is 12.1. The van der Waals surface area contributed by atoms with Crippen molar-refractivity contribution in [2.24, 2.45) is 0 Å². The van der Waals surface area contributed by atoms with Crippen LogP contribution in [-0.4, -0.2) is 140 Å². The summed E-state index contributed by atoms with van der Waals surface area (Å²) in [6.45, 7) is 2.86. The van der Waals surface area contributed by atoms with Gasteiger partial charge in [0, 0.05) is 6.42 Å². The smallest absolute Gasteiger partial charge is 0.220 e. The first kappa shape index (κ1) is 72.1. The van der Waals surface area contributed by atoms with Crippen molar-refractivity contribution in [3.05, 3.63) is 0 Å². The van der Waals surface area contributed by atoms with E-state index in [-0.39, 0.29) is 12.5 Å². The monoisotopic (exact) mass is 1100 g/mol. The van der Waals surface area contributed by atoms with Gasteiger partial charge in [-0.15, -0.1) is 0 Å². The molecule has 1 amide bonds. The summed E-state index contributed by atoms with van der Waals surface area (Å²) in [7, 11) is 0. The molecule has 458 valence electrons. The number of hydrogen-bond acceptors (Lipinski definition) is 13. The first-order valence-electron chi connectivity index (χ1n) is 32.8. The van der Waals surface area contributed by atoms with Crippen molar-refractivity contribution >= 4 is 5.91 Å². The molecular formula is C63H123NO13. The summed E-state index contributed by atoms with van der Waals surface area (Å²) in [5, 5.41) is 87.0. The second kappa shape index (κ2) is 49.6. The van der Waals surface area contributed by atoms with Crippen LogP contribution in [0.3, 0.4) is 0 Å². The van der Waals surface area contributed by atoms with Gasteiger partial charge in [0.25, 0.3) is 0 Å². The van der Waals surface area contributed by atoms with Crippen LogP contribution in [0.2, 0.25) is 0 Å². The first-order valence-corrected chi connectivity index (χ1v) is 32.8. The maximum atomic E-state index is 13.2. The highest BCUT2D eigenvalue weighted by molar-refractivity contribution is 5.76. The van der Waals surface area contributed by atoms with Crippen LogP contribution in [0.4, 0.5) is 0 Å². The van der Waals surface area contributed by atoms with Crippen LogP contribution >= 0.6 is 0 Å². The quantitative estimate of drug-likeness (QED) is 0.0259. The molecule has 9 N–H and O–H groups in total. The first-order chi connectivity index (χ1) is 37.6. The number of carbonyl (C=O) groups excluding carboxylic acids is 1. The van der Waals surface area contributed by atoms with E-state index in [1.54, 1.807) is 0 Å². The number of carbonyl (C=O) groups is 1. The number of unbranched alkanes of at least 4 members (excludes halogenated alkanes) is 41. The number of nitrogens with one attached hydrogen (secondary N) is 1. The minimum Gasteiger partial charge on any atom is -0.394 e. The van der Waals surface area contributed by atoms with Gasteiger partial charge >= 0.3 is 0 Å². The topological polar surface area (TPSA) is 228 Å². The summed E-state index contributed by atoms with van der Waals surface area (Å²) < 4.78 is 22.8. The molecule has 2 heterocycles. The lowest BCUT2D eigenvalue weighted by Gasteiger charge is -2.46. The predicted molar refractivity (Wildman–Crippen MR) is 309 cm³/mol. The fraction of sp³-hybridized carbons (Fsp3) is 0.984. The second-order valence-corrected chi connectivity index (χ2v) is 23.6. The standard InChI is InChI=1S/C63H123NO13/c1-3-5-7-9-11-13-14-15-16-17-18-19-20-21-22-23-24-25-26-27-28-29-30-31-32-33-34-35-36-37-39-41-43-45-47-55(68)64-51(52(67)46-44-42-40-38-12-10-8-6-4-2)50-74-62-60(73)58(71)61(54(49-66)76-62)77-63-59(72)57(70)56(69)53(48-65)75-63/h51-54,56-63,65-67,69-73H,3-50H2,1-2H3,(H,64,68). The van der Waals surface area contributed by atoms with Gasteiger partial charge in [-0.3, -0.25) is 4.79 Å². The van der Waals surface area contributed by atoms with Crippen LogP contribution in [-0.2, 0) is 23.7 Å². The summed E-state index contributed by atoms with van der Waals surface area (Å²) in [4.78, 5) is 13.2. The molecule has 2 rings (SSSR count). The Kier molecular flexibility index (Phi) is 46.4. The third kappa shape index (κ3) is 34.9. The Labute approximate surface area is 470 Å². The zero-order chi connectivity index (χ0) is 56.0. The number of aliphatic hydroxyl groups excluding tert-OH is 8. The Morgan fingerprint density at radius 1 is 0.416 bits per heavy atom. The van der Waals surface area contributed by atoms with E-state index in [1.807, 2.05) is 0 Å². The molecule has 12 atom stereocenters. The summed E-state index contributed by atoms with van der Waals surface area (Å²) in [6, 6.07) is -0.821. The average molecular weight is 1100 g/mol. The molecule has 0 aromatic carbocycles. The van der Waals surface area contributed by atoms with Crippen LogP contribution in [0.25, 0.3) is 0 Å². The third-order valence-electron chi connectivity index (χ3n) is 16.6. The SMILES string of the molecule is CCCCCCCCCCCCCCCCCCCCCCCCCCCCCCCCCCCCC(=O)NC(COC1OC(CO)C(OC2OC(CO)C(O)C(O)C2O)C(O)C1O)C(O)CCCCCCCCCCC. The third-order valence-corrected chi connectivity index (χ3v) is 16.6. The molecule has 0 aliphatic carbocycles. The van der Waals surface area contributed by atoms with E-state index in [1.165, 1.54) is 225 Å². The van der Waals surface area contributed by atoms with Crippen LogP contribution in [0, 0.1) is 0 Å². The second-order valence-electron chi connectivity index (χ2n) is 23.6. The van der Waals surface area contributed by atoms with E-state index in [4.69, 9.17) is 18.9 Å². The maximum absolute atomic E-state index is 13.2. The van der Waals surface area contributed by atoms with Gasteiger partial charge in [0.05, 0.1) is 32.0 Å². The molecule has 2 saturated heterocycles. The van der Waals surface area contributed by atoms with Crippen molar-refractivity contribution < 1.29 is 64.6 Å². The van der Waals surface area contributed by atoms with Crippen molar-refractivity contribution in [2.45, 2.75) is 376 Å². The van der Waals surface area contributed by atoms with Crippen molar-refractivity contribution in [3.8, 4) is 0 Å². The largest absolute Gasteiger partial charge is 0.394 e.